The predicted molar refractivity (Wildman–Crippen MR) is 205 cm³/mol. The lowest BCUT2D eigenvalue weighted by Crippen LogP contribution is -2.28. The van der Waals surface area contributed by atoms with Crippen molar-refractivity contribution in [2.45, 2.75) is 174 Å². The average molecular weight is 669 g/mol. The monoisotopic (exact) mass is 669 g/mol. The summed E-state index contributed by atoms with van der Waals surface area (Å²) in [5.41, 5.74) is 0. The molecule has 0 aliphatic carbocycles. The van der Waals surface area contributed by atoms with Crippen LogP contribution in [0.4, 0.5) is 0 Å². The molecular weight excluding hydrogens is 596 g/mol. The minimum Gasteiger partial charge on any atom is -0.462 e. The van der Waals surface area contributed by atoms with Crippen molar-refractivity contribution in [2.24, 2.45) is 0 Å². The molecule has 1 N–H and O–H groups in total. The van der Waals surface area contributed by atoms with E-state index < -0.39 is 6.10 Å². The predicted octanol–water partition coefficient (Wildman–Crippen LogP) is 12.2. The van der Waals surface area contributed by atoms with Crippen LogP contribution in [0.15, 0.2) is 72.9 Å². The summed E-state index contributed by atoms with van der Waals surface area (Å²) in [7, 11) is 0. The van der Waals surface area contributed by atoms with Gasteiger partial charge in [-0.2, -0.15) is 0 Å². The third-order valence-electron chi connectivity index (χ3n) is 7.97. The molecule has 0 unspecified atom stereocenters. The number of aliphatic hydroxyl groups is 1. The van der Waals surface area contributed by atoms with Gasteiger partial charge in [-0.1, -0.05) is 138 Å². The number of esters is 2. The van der Waals surface area contributed by atoms with E-state index in [4.69, 9.17) is 9.47 Å². The Kier molecular flexibility index (Phi) is 36.6. The molecule has 0 aliphatic rings. The van der Waals surface area contributed by atoms with Gasteiger partial charge in [0.05, 0.1) is 6.61 Å². The number of rotatable bonds is 34. The van der Waals surface area contributed by atoms with Crippen LogP contribution in [-0.2, 0) is 19.1 Å². The van der Waals surface area contributed by atoms with Crippen molar-refractivity contribution < 1.29 is 24.2 Å². The molecule has 5 nitrogen and oxygen atoms in total. The van der Waals surface area contributed by atoms with Gasteiger partial charge in [0.25, 0.3) is 0 Å². The molecule has 0 amide bonds. The van der Waals surface area contributed by atoms with Crippen LogP contribution >= 0.6 is 0 Å². The van der Waals surface area contributed by atoms with E-state index in [0.29, 0.717) is 12.8 Å². The SMILES string of the molecule is CCCCC/C=C\C/C=C\C/C=C\CCCCCCCCC(=O)O[C@@H](CO)COC(=O)CCCC/C=C\C/C=C\C/C=C\CCCCC. The largest absolute Gasteiger partial charge is 0.462 e. The van der Waals surface area contributed by atoms with Crippen molar-refractivity contribution in [1.82, 2.24) is 0 Å². The normalized spacial score (nSPS) is 13.0. The Morgan fingerprint density at radius 3 is 1.29 bits per heavy atom. The average Bonchev–Trinajstić information content (AvgIpc) is 3.09. The molecule has 5 heteroatoms. The summed E-state index contributed by atoms with van der Waals surface area (Å²) >= 11 is 0. The molecule has 0 heterocycles. The Balaban J connectivity index is 3.68. The second kappa shape index (κ2) is 38.8. The Labute approximate surface area is 295 Å². The summed E-state index contributed by atoms with van der Waals surface area (Å²) in [6.07, 6.45) is 51.0. The van der Waals surface area contributed by atoms with Crippen molar-refractivity contribution in [1.29, 1.82) is 0 Å². The molecule has 0 rings (SSSR count). The Morgan fingerprint density at radius 1 is 0.479 bits per heavy atom. The Bertz CT molecular complexity index is 895. The summed E-state index contributed by atoms with van der Waals surface area (Å²) < 4.78 is 10.6. The smallest absolute Gasteiger partial charge is 0.306 e. The van der Waals surface area contributed by atoms with E-state index in [1.165, 1.54) is 70.6 Å². The molecule has 0 bridgehead atoms. The molecular formula is C43H72O5. The van der Waals surface area contributed by atoms with Crippen molar-refractivity contribution in [3.8, 4) is 0 Å². The summed E-state index contributed by atoms with van der Waals surface area (Å²) in [6, 6.07) is 0. The molecule has 0 fully saturated rings. The van der Waals surface area contributed by atoms with Crippen molar-refractivity contribution in [3.63, 3.8) is 0 Å². The highest BCUT2D eigenvalue weighted by molar-refractivity contribution is 5.70. The Morgan fingerprint density at radius 2 is 0.833 bits per heavy atom. The summed E-state index contributed by atoms with van der Waals surface area (Å²) in [4.78, 5) is 24.2. The summed E-state index contributed by atoms with van der Waals surface area (Å²) in [5.74, 6) is -0.657. The van der Waals surface area contributed by atoms with Gasteiger partial charge < -0.3 is 14.6 Å². The van der Waals surface area contributed by atoms with Gasteiger partial charge in [0.1, 0.15) is 6.61 Å². The van der Waals surface area contributed by atoms with Gasteiger partial charge >= 0.3 is 11.9 Å². The van der Waals surface area contributed by atoms with Gasteiger partial charge in [-0.25, -0.2) is 0 Å². The van der Waals surface area contributed by atoms with Crippen LogP contribution in [0.3, 0.4) is 0 Å². The maximum absolute atomic E-state index is 12.2. The molecule has 0 aromatic carbocycles. The fourth-order valence-corrected chi connectivity index (χ4v) is 4.98. The first-order valence-corrected chi connectivity index (χ1v) is 19.5. The summed E-state index contributed by atoms with van der Waals surface area (Å²) in [5, 5.41) is 9.54. The van der Waals surface area contributed by atoms with E-state index in [1.54, 1.807) is 0 Å². The quantitative estimate of drug-likeness (QED) is 0.0420. The topological polar surface area (TPSA) is 72.8 Å². The molecule has 274 valence electrons. The van der Waals surface area contributed by atoms with Crippen LogP contribution in [0.2, 0.25) is 0 Å². The maximum atomic E-state index is 12.2. The van der Waals surface area contributed by atoms with Crippen LogP contribution in [-0.4, -0.2) is 36.4 Å². The first-order valence-electron chi connectivity index (χ1n) is 19.5. The second-order valence-electron chi connectivity index (χ2n) is 12.6. The number of carbonyl (C=O) groups excluding carboxylic acids is 2. The van der Waals surface area contributed by atoms with E-state index in [2.05, 4.69) is 86.8 Å². The maximum Gasteiger partial charge on any atom is 0.306 e. The van der Waals surface area contributed by atoms with Gasteiger partial charge in [-0.05, 0) is 89.9 Å². The van der Waals surface area contributed by atoms with E-state index >= 15 is 0 Å². The highest BCUT2D eigenvalue weighted by Gasteiger charge is 2.16. The number of unbranched alkanes of at least 4 members (excludes halogenated alkanes) is 14. The number of hydrogen-bond acceptors (Lipinski definition) is 5. The molecule has 1 atom stereocenters. The second-order valence-corrected chi connectivity index (χ2v) is 12.6. The number of hydrogen-bond donors (Lipinski definition) is 1. The summed E-state index contributed by atoms with van der Waals surface area (Å²) in [6.45, 7) is 4.02. The number of ether oxygens (including phenoxy) is 2. The van der Waals surface area contributed by atoms with Gasteiger partial charge in [0.2, 0.25) is 0 Å². The van der Waals surface area contributed by atoms with Gasteiger partial charge in [0, 0.05) is 12.8 Å². The van der Waals surface area contributed by atoms with Crippen LogP contribution in [0.1, 0.15) is 168 Å². The van der Waals surface area contributed by atoms with Crippen molar-refractivity contribution in [3.05, 3.63) is 72.9 Å². The van der Waals surface area contributed by atoms with Gasteiger partial charge in [-0.3, -0.25) is 9.59 Å². The third kappa shape index (κ3) is 36.2. The van der Waals surface area contributed by atoms with E-state index in [0.717, 1.165) is 70.6 Å². The first kappa shape index (κ1) is 45.3. The van der Waals surface area contributed by atoms with Gasteiger partial charge in [-0.15, -0.1) is 0 Å². The van der Waals surface area contributed by atoms with Crippen LogP contribution in [0.5, 0.6) is 0 Å². The first-order chi connectivity index (χ1) is 23.6. The highest BCUT2D eigenvalue weighted by atomic mass is 16.6. The lowest BCUT2D eigenvalue weighted by atomic mass is 10.1. The van der Waals surface area contributed by atoms with E-state index in [9.17, 15) is 14.7 Å². The van der Waals surface area contributed by atoms with E-state index in [-0.39, 0.29) is 25.2 Å². The van der Waals surface area contributed by atoms with Gasteiger partial charge in [0.15, 0.2) is 6.10 Å². The Hall–Kier alpha value is -2.66. The zero-order chi connectivity index (χ0) is 35.0. The van der Waals surface area contributed by atoms with Crippen LogP contribution in [0, 0.1) is 0 Å². The molecule has 0 aromatic rings. The van der Waals surface area contributed by atoms with Crippen LogP contribution < -0.4 is 0 Å². The molecule has 0 spiro atoms. The lowest BCUT2D eigenvalue weighted by molar-refractivity contribution is -0.161. The lowest BCUT2D eigenvalue weighted by Gasteiger charge is -2.15. The molecule has 48 heavy (non-hydrogen) atoms. The molecule has 0 aromatic heterocycles. The number of allylic oxidation sites excluding steroid dienone is 12. The molecule has 0 saturated carbocycles. The molecule has 0 aliphatic heterocycles. The van der Waals surface area contributed by atoms with E-state index in [1.807, 2.05) is 0 Å². The zero-order valence-corrected chi connectivity index (χ0v) is 31.0. The standard InChI is InChI=1S/C43H72O5/c1-3-5-7-9-11-13-15-17-19-20-21-22-24-26-28-30-32-34-36-38-43(46)48-41(39-44)40-47-42(45)37-35-33-31-29-27-25-23-18-16-14-12-10-8-6-4-2/h11-14,17-19,21-23,27,29,41,44H,3-10,15-16,20,24-26,28,30-40H2,1-2H3/b13-11-,14-12-,19-17-,22-21-,23-18-,29-27-/t41-/m0/s1. The van der Waals surface area contributed by atoms with Crippen LogP contribution in [0.25, 0.3) is 0 Å². The number of aliphatic hydroxyl groups excluding tert-OH is 1. The zero-order valence-electron chi connectivity index (χ0n) is 31.0. The third-order valence-corrected chi connectivity index (χ3v) is 7.97. The van der Waals surface area contributed by atoms with Crippen molar-refractivity contribution >= 4 is 11.9 Å². The minimum absolute atomic E-state index is 0.0947. The fourth-order valence-electron chi connectivity index (χ4n) is 4.98. The minimum atomic E-state index is -0.797. The number of carbonyl (C=O) groups is 2. The fraction of sp³-hybridized carbons (Fsp3) is 0.674. The molecule has 0 radical (unpaired) electrons. The molecule has 0 saturated heterocycles. The highest BCUT2D eigenvalue weighted by Crippen LogP contribution is 2.11. The van der Waals surface area contributed by atoms with Crippen molar-refractivity contribution in [2.75, 3.05) is 13.2 Å².